The van der Waals surface area contributed by atoms with E-state index in [-0.39, 0.29) is 24.9 Å². The van der Waals surface area contributed by atoms with Gasteiger partial charge >= 0.3 is 6.18 Å². The highest BCUT2D eigenvalue weighted by Crippen LogP contribution is 2.27. The van der Waals surface area contributed by atoms with Crippen molar-refractivity contribution in [2.45, 2.75) is 80.0 Å². The summed E-state index contributed by atoms with van der Waals surface area (Å²) in [5.74, 6) is -1.16. The minimum atomic E-state index is -3.99. The van der Waals surface area contributed by atoms with Gasteiger partial charge in [0.1, 0.15) is 6.61 Å². The fourth-order valence-electron chi connectivity index (χ4n) is 0.690. The molecule has 134 valence electrons. The van der Waals surface area contributed by atoms with Crippen molar-refractivity contribution in [1.82, 2.24) is 0 Å². The van der Waals surface area contributed by atoms with Crippen molar-refractivity contribution in [3.63, 3.8) is 0 Å². The third-order valence-electron chi connectivity index (χ3n) is 2.72. The van der Waals surface area contributed by atoms with Crippen LogP contribution in [-0.4, -0.2) is 24.7 Å². The van der Waals surface area contributed by atoms with Gasteiger partial charge in [-0.25, -0.2) is 0 Å². The molecule has 0 rings (SSSR count). The molecule has 0 spiro atoms. The Morgan fingerprint density at radius 3 is 1.68 bits per heavy atom. The van der Waals surface area contributed by atoms with Gasteiger partial charge < -0.3 is 4.74 Å². The molecule has 0 N–H and O–H groups in total. The van der Waals surface area contributed by atoms with Crippen LogP contribution in [0, 0.1) is 5.92 Å². The van der Waals surface area contributed by atoms with Crippen molar-refractivity contribution in [3.05, 3.63) is 12.2 Å². The number of Topliss-reactive ketones (excluding diaryl/α,β-unsaturated/α-hetero) is 1. The lowest BCUT2D eigenvalue weighted by Crippen LogP contribution is -2.18. The minimum Gasteiger partial charge on any atom is -0.370 e. The molecule has 0 saturated heterocycles. The number of hydrogen-bond acceptors (Lipinski definition) is 2. The van der Waals surface area contributed by atoms with Crippen LogP contribution in [0.15, 0.2) is 12.2 Å². The molecule has 22 heavy (non-hydrogen) atoms. The van der Waals surface area contributed by atoms with Gasteiger partial charge in [0.25, 0.3) is 0 Å². The molecule has 0 aliphatic heterocycles. The van der Waals surface area contributed by atoms with E-state index in [2.05, 4.69) is 20.4 Å². The zero-order valence-corrected chi connectivity index (χ0v) is 15.1. The maximum absolute atomic E-state index is 11.4. The summed E-state index contributed by atoms with van der Waals surface area (Å²) in [4.78, 5) is 10.9. The van der Waals surface area contributed by atoms with E-state index < -0.39 is 12.1 Å². The van der Waals surface area contributed by atoms with Gasteiger partial charge in [0.2, 0.25) is 0 Å². The molecule has 2 nitrogen and oxygen atoms in total. The van der Waals surface area contributed by atoms with Crippen LogP contribution in [0.5, 0.6) is 0 Å². The maximum atomic E-state index is 11.4. The first kappa shape index (κ1) is 26.1. The van der Waals surface area contributed by atoms with Crippen molar-refractivity contribution >= 4 is 5.78 Å². The van der Waals surface area contributed by atoms with Crippen molar-refractivity contribution in [1.29, 1.82) is 0 Å². The molecule has 0 bridgehead atoms. The van der Waals surface area contributed by atoms with Gasteiger partial charge in [0, 0.05) is 0 Å². The third kappa shape index (κ3) is 19.2. The van der Waals surface area contributed by atoms with Crippen molar-refractivity contribution in [2.24, 2.45) is 5.92 Å². The first-order chi connectivity index (χ1) is 9.97. The summed E-state index contributed by atoms with van der Waals surface area (Å²) in [6.07, 6.45) is -1.47. The van der Waals surface area contributed by atoms with Gasteiger partial charge in [-0.3, -0.25) is 4.79 Å². The van der Waals surface area contributed by atoms with E-state index in [0.29, 0.717) is 5.57 Å². The highest BCUT2D eigenvalue weighted by Gasteiger charge is 2.33. The molecule has 0 aliphatic rings. The van der Waals surface area contributed by atoms with Crippen LogP contribution in [0.4, 0.5) is 13.2 Å². The SMILES string of the molecule is C=C(C)C(=O)COC(C)CC.CCC.CCC(C)C(F)(F)F. The van der Waals surface area contributed by atoms with Crippen molar-refractivity contribution in [2.75, 3.05) is 6.61 Å². The van der Waals surface area contributed by atoms with Crippen molar-refractivity contribution in [3.8, 4) is 0 Å². The lowest BCUT2D eigenvalue weighted by molar-refractivity contribution is -0.170. The summed E-state index contributed by atoms with van der Waals surface area (Å²) in [6.45, 7) is 16.3. The summed E-state index contributed by atoms with van der Waals surface area (Å²) in [6, 6.07) is 0. The highest BCUT2D eigenvalue weighted by molar-refractivity contribution is 5.95. The summed E-state index contributed by atoms with van der Waals surface area (Å²) in [5, 5.41) is 0. The van der Waals surface area contributed by atoms with E-state index in [9.17, 15) is 18.0 Å². The Morgan fingerprint density at radius 2 is 1.50 bits per heavy atom. The molecule has 5 heteroatoms. The van der Waals surface area contributed by atoms with Gasteiger partial charge in [0.05, 0.1) is 12.0 Å². The van der Waals surface area contributed by atoms with E-state index >= 15 is 0 Å². The largest absolute Gasteiger partial charge is 0.391 e. The second-order valence-electron chi connectivity index (χ2n) is 5.29. The fraction of sp³-hybridized carbons (Fsp3) is 0.824. The first-order valence-electron chi connectivity index (χ1n) is 7.84. The number of ketones is 1. The zero-order chi connectivity index (χ0) is 18.3. The molecule has 0 aromatic rings. The first-order valence-corrected chi connectivity index (χ1v) is 7.84. The molecule has 2 unspecified atom stereocenters. The van der Waals surface area contributed by atoms with Gasteiger partial charge in [0.15, 0.2) is 5.78 Å². The molecule has 0 aromatic heterocycles. The average Bonchev–Trinajstić information content (AvgIpc) is 2.43. The average molecular weight is 326 g/mol. The van der Waals surface area contributed by atoms with Gasteiger partial charge in [-0.05, 0) is 32.3 Å². The standard InChI is InChI=1S/C9H16O2.C5H9F3.C3H8/c1-5-8(4)11-6-9(10)7(2)3;1-3-4(2)5(6,7)8;1-3-2/h8H,2,5-6H2,1,3-4H3;4H,3H2,1-2H3;3H2,1-2H3. The maximum Gasteiger partial charge on any atom is 0.391 e. The molecule has 0 fully saturated rings. The van der Waals surface area contributed by atoms with Crippen LogP contribution in [0.3, 0.4) is 0 Å². The highest BCUT2D eigenvalue weighted by atomic mass is 19.4. The smallest absolute Gasteiger partial charge is 0.370 e. The summed E-state index contributed by atoms with van der Waals surface area (Å²) in [7, 11) is 0. The normalized spacial score (nSPS) is 13.0. The Balaban J connectivity index is -0.000000288. The Morgan fingerprint density at radius 1 is 1.09 bits per heavy atom. The van der Waals surface area contributed by atoms with Crippen LogP contribution in [0.1, 0.15) is 67.7 Å². The van der Waals surface area contributed by atoms with Crippen LogP contribution in [0.25, 0.3) is 0 Å². The number of hydrogen-bond donors (Lipinski definition) is 0. The Bertz CT molecular complexity index is 286. The monoisotopic (exact) mass is 326 g/mol. The predicted octanol–water partition coefficient (Wildman–Crippen LogP) is 5.96. The van der Waals surface area contributed by atoms with Crippen LogP contribution in [0.2, 0.25) is 0 Å². The second-order valence-corrected chi connectivity index (χ2v) is 5.29. The van der Waals surface area contributed by atoms with Crippen LogP contribution in [-0.2, 0) is 9.53 Å². The molecular weight excluding hydrogens is 293 g/mol. The Hall–Kier alpha value is -0.840. The van der Waals surface area contributed by atoms with E-state index in [4.69, 9.17) is 4.74 Å². The van der Waals surface area contributed by atoms with Gasteiger partial charge in [-0.2, -0.15) is 13.2 Å². The minimum absolute atomic E-state index is 0.00898. The molecule has 0 amide bonds. The molecule has 0 aromatic carbocycles. The quantitative estimate of drug-likeness (QED) is 0.563. The Kier molecular flexibility index (Phi) is 17.9. The van der Waals surface area contributed by atoms with E-state index in [1.54, 1.807) is 6.92 Å². The predicted molar refractivity (Wildman–Crippen MR) is 87.0 cm³/mol. The zero-order valence-electron chi connectivity index (χ0n) is 15.1. The third-order valence-corrected chi connectivity index (χ3v) is 2.72. The number of carbonyl (C=O) groups excluding carboxylic acids is 1. The number of rotatable bonds is 6. The molecule has 0 radical (unpaired) electrons. The molecule has 0 saturated carbocycles. The molecule has 0 heterocycles. The number of halogens is 3. The van der Waals surface area contributed by atoms with Gasteiger partial charge in [-0.15, -0.1) is 0 Å². The summed E-state index contributed by atoms with van der Waals surface area (Å²) < 4.78 is 39.6. The summed E-state index contributed by atoms with van der Waals surface area (Å²) >= 11 is 0. The van der Waals surface area contributed by atoms with E-state index in [1.807, 2.05) is 13.8 Å². The topological polar surface area (TPSA) is 26.3 Å². The number of alkyl halides is 3. The molecular formula is C17H33F3O2. The van der Waals surface area contributed by atoms with E-state index in [0.717, 1.165) is 6.42 Å². The number of ether oxygens (including phenoxy) is 1. The lowest BCUT2D eigenvalue weighted by atomic mass is 10.1. The summed E-state index contributed by atoms with van der Waals surface area (Å²) in [5.41, 5.74) is 0.563. The van der Waals surface area contributed by atoms with E-state index in [1.165, 1.54) is 20.3 Å². The Labute approximate surface area is 134 Å². The lowest BCUT2D eigenvalue weighted by Gasteiger charge is -2.11. The fourth-order valence-corrected chi connectivity index (χ4v) is 0.690. The number of carbonyl (C=O) groups is 1. The van der Waals surface area contributed by atoms with Crippen molar-refractivity contribution < 1.29 is 22.7 Å². The molecule has 0 aliphatic carbocycles. The molecule has 2 atom stereocenters. The second kappa shape index (κ2) is 15.1. The van der Waals surface area contributed by atoms with Gasteiger partial charge in [-0.1, -0.05) is 47.6 Å². The van der Waals surface area contributed by atoms with Crippen LogP contribution < -0.4 is 0 Å². The van der Waals surface area contributed by atoms with Crippen LogP contribution >= 0.6 is 0 Å².